The van der Waals surface area contributed by atoms with E-state index < -0.39 is 0 Å². The zero-order valence-corrected chi connectivity index (χ0v) is 16.3. The molecule has 2 saturated carbocycles. The quantitative estimate of drug-likeness (QED) is 0.624. The van der Waals surface area contributed by atoms with Crippen LogP contribution in [0.2, 0.25) is 0 Å². The lowest BCUT2D eigenvalue weighted by molar-refractivity contribution is -0.132. The van der Waals surface area contributed by atoms with Gasteiger partial charge in [-0.15, -0.1) is 0 Å². The van der Waals surface area contributed by atoms with Crippen LogP contribution in [0.15, 0.2) is 21.1 Å². The van der Waals surface area contributed by atoms with Crippen molar-refractivity contribution < 1.29 is 13.7 Å². The molecule has 0 bridgehead atoms. The van der Waals surface area contributed by atoms with Crippen LogP contribution in [-0.2, 0) is 24.2 Å². The molecule has 6 nitrogen and oxygen atoms in total. The van der Waals surface area contributed by atoms with Crippen molar-refractivity contribution in [3.8, 4) is 0 Å². The van der Waals surface area contributed by atoms with Gasteiger partial charge in [-0.25, -0.2) is 0 Å². The van der Waals surface area contributed by atoms with Crippen LogP contribution in [0.3, 0.4) is 0 Å². The van der Waals surface area contributed by atoms with E-state index in [4.69, 9.17) is 8.94 Å². The topological polar surface area (TPSA) is 72.4 Å². The van der Waals surface area contributed by atoms with Crippen LogP contribution >= 0.6 is 0 Å². The lowest BCUT2D eigenvalue weighted by Crippen LogP contribution is -2.32. The lowest BCUT2D eigenvalue weighted by atomic mass is 10.2. The summed E-state index contributed by atoms with van der Waals surface area (Å²) in [4.78, 5) is 19.1. The molecule has 2 heterocycles. The third-order valence-corrected chi connectivity index (χ3v) is 5.56. The molecule has 2 aliphatic carbocycles. The first-order chi connectivity index (χ1) is 13.1. The molecular formula is C21H29N3O3. The minimum absolute atomic E-state index is 0.198. The van der Waals surface area contributed by atoms with Gasteiger partial charge in [0.05, 0.1) is 6.54 Å². The Morgan fingerprint density at radius 2 is 2.11 bits per heavy atom. The van der Waals surface area contributed by atoms with Crippen molar-refractivity contribution in [3.63, 3.8) is 0 Å². The first-order valence-corrected chi connectivity index (χ1v) is 10.3. The summed E-state index contributed by atoms with van der Waals surface area (Å²) in [5.41, 5.74) is 0. The van der Waals surface area contributed by atoms with Crippen molar-refractivity contribution in [2.75, 3.05) is 0 Å². The maximum atomic E-state index is 12.7. The van der Waals surface area contributed by atoms with Gasteiger partial charge < -0.3 is 13.8 Å². The Kier molecular flexibility index (Phi) is 5.32. The molecule has 2 fully saturated rings. The first kappa shape index (κ1) is 18.3. The Morgan fingerprint density at radius 1 is 1.30 bits per heavy atom. The molecule has 2 unspecified atom stereocenters. The number of carbonyl (C=O) groups excluding carboxylic acids is 1. The maximum absolute atomic E-state index is 12.7. The summed E-state index contributed by atoms with van der Waals surface area (Å²) in [6.45, 7) is 4.93. The molecule has 0 saturated heterocycles. The van der Waals surface area contributed by atoms with E-state index in [0.717, 1.165) is 55.4 Å². The van der Waals surface area contributed by atoms with Crippen molar-refractivity contribution in [1.82, 2.24) is 15.0 Å². The van der Waals surface area contributed by atoms with Crippen LogP contribution in [0, 0.1) is 5.92 Å². The molecular weight excluding hydrogens is 342 g/mol. The number of nitrogens with zero attached hydrogens (tertiary/aromatic N) is 3. The fourth-order valence-electron chi connectivity index (χ4n) is 3.62. The summed E-state index contributed by atoms with van der Waals surface area (Å²) >= 11 is 0. The van der Waals surface area contributed by atoms with Crippen molar-refractivity contribution in [1.29, 1.82) is 0 Å². The van der Waals surface area contributed by atoms with Gasteiger partial charge in [0.25, 0.3) is 0 Å². The molecule has 1 amide bonds. The van der Waals surface area contributed by atoms with Crippen LogP contribution in [0.5, 0.6) is 0 Å². The van der Waals surface area contributed by atoms with Crippen LogP contribution in [-0.4, -0.2) is 27.0 Å². The second-order valence-electron chi connectivity index (χ2n) is 8.08. The third-order valence-electron chi connectivity index (χ3n) is 5.56. The normalized spacial score (nSPS) is 21.4. The molecule has 0 N–H and O–H groups in total. The standard InChI is InChI=1S/C21H29N3O3/c1-3-5-19-22-20(27-23-19)6-4-7-21(25)24(15-8-9-15)13-16-10-11-18(26-16)17-12-14(17)2/h10-11,14-15,17H,3-9,12-13H2,1-2H3. The number of rotatable bonds is 10. The third kappa shape index (κ3) is 4.60. The summed E-state index contributed by atoms with van der Waals surface area (Å²) in [5, 5.41) is 3.97. The number of aryl methyl sites for hydroxylation is 2. The van der Waals surface area contributed by atoms with Crippen molar-refractivity contribution in [2.24, 2.45) is 5.92 Å². The maximum Gasteiger partial charge on any atom is 0.226 e. The second kappa shape index (κ2) is 7.87. The van der Waals surface area contributed by atoms with Gasteiger partial charge in [-0.05, 0) is 50.2 Å². The van der Waals surface area contributed by atoms with E-state index in [9.17, 15) is 4.79 Å². The Labute approximate surface area is 160 Å². The summed E-state index contributed by atoms with van der Waals surface area (Å²) in [7, 11) is 0. The molecule has 6 heteroatoms. The van der Waals surface area contributed by atoms with Crippen LogP contribution in [0.25, 0.3) is 0 Å². The molecule has 0 aliphatic heterocycles. The Balaban J connectivity index is 1.28. The minimum Gasteiger partial charge on any atom is -0.464 e. The lowest BCUT2D eigenvalue weighted by Gasteiger charge is -2.21. The van der Waals surface area contributed by atoms with E-state index in [1.165, 1.54) is 6.42 Å². The highest BCUT2D eigenvalue weighted by atomic mass is 16.5. The average molecular weight is 371 g/mol. The second-order valence-corrected chi connectivity index (χ2v) is 8.08. The molecule has 0 spiro atoms. The number of hydrogen-bond acceptors (Lipinski definition) is 5. The summed E-state index contributed by atoms with van der Waals surface area (Å²) in [6.07, 6.45) is 7.16. The van der Waals surface area contributed by atoms with Gasteiger partial charge in [0.2, 0.25) is 11.8 Å². The molecule has 146 valence electrons. The first-order valence-electron chi connectivity index (χ1n) is 10.3. The van der Waals surface area contributed by atoms with E-state index in [0.29, 0.717) is 37.2 Å². The highest BCUT2D eigenvalue weighted by Gasteiger charge is 2.37. The number of amides is 1. The fraction of sp³-hybridized carbons (Fsp3) is 0.667. The van der Waals surface area contributed by atoms with Crippen LogP contribution < -0.4 is 0 Å². The Bertz CT molecular complexity index is 777. The van der Waals surface area contributed by atoms with Gasteiger partial charge in [-0.1, -0.05) is 19.0 Å². The molecule has 0 radical (unpaired) electrons. The van der Waals surface area contributed by atoms with Crippen LogP contribution in [0.1, 0.15) is 81.5 Å². The van der Waals surface area contributed by atoms with E-state index >= 15 is 0 Å². The molecule has 2 aliphatic rings. The summed E-state index contributed by atoms with van der Waals surface area (Å²) < 4.78 is 11.3. The smallest absolute Gasteiger partial charge is 0.226 e. The highest BCUT2D eigenvalue weighted by molar-refractivity contribution is 5.76. The molecule has 2 atom stereocenters. The van der Waals surface area contributed by atoms with Gasteiger partial charge in [-0.2, -0.15) is 4.98 Å². The molecule has 4 rings (SSSR count). The number of carbonyl (C=O) groups is 1. The highest BCUT2D eigenvalue weighted by Crippen LogP contribution is 2.47. The van der Waals surface area contributed by atoms with Crippen molar-refractivity contribution >= 4 is 5.91 Å². The molecule has 2 aromatic rings. The summed E-state index contributed by atoms with van der Waals surface area (Å²) in [5.74, 6) is 4.90. The Hall–Kier alpha value is -2.11. The molecule has 0 aromatic carbocycles. The van der Waals surface area contributed by atoms with E-state index in [1.807, 2.05) is 11.0 Å². The van der Waals surface area contributed by atoms with Crippen molar-refractivity contribution in [3.05, 3.63) is 35.4 Å². The minimum atomic E-state index is 0.198. The predicted octanol–water partition coefficient (Wildman–Crippen LogP) is 4.25. The van der Waals surface area contributed by atoms with Crippen molar-refractivity contribution in [2.45, 2.75) is 83.7 Å². The van der Waals surface area contributed by atoms with Gasteiger partial charge in [0.1, 0.15) is 11.5 Å². The van der Waals surface area contributed by atoms with Gasteiger partial charge in [-0.3, -0.25) is 4.79 Å². The van der Waals surface area contributed by atoms with Gasteiger partial charge in [0, 0.05) is 31.2 Å². The Morgan fingerprint density at radius 3 is 2.81 bits per heavy atom. The average Bonchev–Trinajstić information content (AvgIpc) is 3.53. The van der Waals surface area contributed by atoms with E-state index in [-0.39, 0.29) is 5.91 Å². The zero-order valence-electron chi connectivity index (χ0n) is 16.3. The summed E-state index contributed by atoms with van der Waals surface area (Å²) in [6, 6.07) is 4.50. The SMILES string of the molecule is CCCc1noc(CCCC(=O)N(Cc2ccc(C3CC3C)o2)C2CC2)n1. The molecule has 2 aromatic heterocycles. The number of aromatic nitrogens is 2. The van der Waals surface area contributed by atoms with Crippen LogP contribution in [0.4, 0.5) is 0 Å². The largest absolute Gasteiger partial charge is 0.464 e. The molecule has 27 heavy (non-hydrogen) atoms. The van der Waals surface area contributed by atoms with E-state index in [2.05, 4.69) is 30.1 Å². The monoisotopic (exact) mass is 371 g/mol. The fourth-order valence-corrected chi connectivity index (χ4v) is 3.62. The zero-order chi connectivity index (χ0) is 18.8. The van der Waals surface area contributed by atoms with Gasteiger partial charge >= 0.3 is 0 Å². The van der Waals surface area contributed by atoms with E-state index in [1.54, 1.807) is 0 Å². The van der Waals surface area contributed by atoms with Gasteiger partial charge in [0.15, 0.2) is 5.82 Å². The number of furan rings is 1. The number of hydrogen-bond donors (Lipinski definition) is 0. The predicted molar refractivity (Wildman–Crippen MR) is 100 cm³/mol.